The molecule has 0 radical (unpaired) electrons. The highest BCUT2D eigenvalue weighted by atomic mass is 16.5. The summed E-state index contributed by atoms with van der Waals surface area (Å²) in [6.07, 6.45) is 5.70. The van der Waals surface area contributed by atoms with E-state index in [1.54, 1.807) is 0 Å². The fourth-order valence-corrected chi connectivity index (χ4v) is 3.72. The molecule has 0 saturated heterocycles. The highest BCUT2D eigenvalue weighted by molar-refractivity contribution is 5.54. The molecule has 2 atom stereocenters. The van der Waals surface area contributed by atoms with Crippen molar-refractivity contribution in [1.82, 2.24) is 0 Å². The molecule has 19 heavy (non-hydrogen) atoms. The number of hydrogen-bond donors (Lipinski definition) is 1. The van der Waals surface area contributed by atoms with Crippen LogP contribution in [0.25, 0.3) is 0 Å². The zero-order valence-corrected chi connectivity index (χ0v) is 12.3. The monoisotopic (exact) mass is 259 g/mol. The van der Waals surface area contributed by atoms with Crippen molar-refractivity contribution < 1.29 is 4.74 Å². The van der Waals surface area contributed by atoms with Gasteiger partial charge < -0.3 is 10.1 Å². The van der Waals surface area contributed by atoms with E-state index in [-0.39, 0.29) is 0 Å². The van der Waals surface area contributed by atoms with Crippen LogP contribution in [-0.4, -0.2) is 18.8 Å². The van der Waals surface area contributed by atoms with Crippen LogP contribution < -0.4 is 5.32 Å². The predicted molar refractivity (Wildman–Crippen MR) is 79.6 cm³/mol. The maximum Gasteiger partial charge on any atom is 0.0670 e. The molecule has 1 aromatic carbocycles. The standard InChI is InChI=1S/C17H25NO/c1-4-19-16-11-15(17(16)8-5-9-17)18-14-10-12(2)6-7-13(14)3/h6-7,10,15-16,18H,4-5,8-9,11H2,1-3H3. The molecule has 2 aliphatic rings. The van der Waals surface area contributed by atoms with Crippen LogP contribution in [0.1, 0.15) is 43.7 Å². The summed E-state index contributed by atoms with van der Waals surface area (Å²) in [7, 11) is 0. The van der Waals surface area contributed by atoms with Gasteiger partial charge in [0.25, 0.3) is 0 Å². The van der Waals surface area contributed by atoms with E-state index in [4.69, 9.17) is 4.74 Å². The number of anilines is 1. The Kier molecular flexibility index (Phi) is 3.30. The summed E-state index contributed by atoms with van der Waals surface area (Å²) in [6, 6.07) is 7.28. The van der Waals surface area contributed by atoms with Crippen molar-refractivity contribution in [2.24, 2.45) is 5.41 Å². The summed E-state index contributed by atoms with van der Waals surface area (Å²) in [5, 5.41) is 3.79. The number of aryl methyl sites for hydroxylation is 2. The Bertz CT molecular complexity index is 464. The van der Waals surface area contributed by atoms with E-state index in [2.05, 4.69) is 44.3 Å². The molecule has 2 aliphatic carbocycles. The first-order valence-electron chi connectivity index (χ1n) is 7.61. The smallest absolute Gasteiger partial charge is 0.0670 e. The maximum atomic E-state index is 5.92. The van der Waals surface area contributed by atoms with Crippen molar-refractivity contribution in [3.05, 3.63) is 29.3 Å². The second kappa shape index (κ2) is 4.82. The van der Waals surface area contributed by atoms with Gasteiger partial charge in [-0.15, -0.1) is 0 Å². The quantitative estimate of drug-likeness (QED) is 0.880. The highest BCUT2D eigenvalue weighted by Gasteiger charge is 2.58. The van der Waals surface area contributed by atoms with Gasteiger partial charge in [-0.2, -0.15) is 0 Å². The average molecular weight is 259 g/mol. The molecule has 104 valence electrons. The Labute approximate surface area is 116 Å². The SMILES string of the molecule is CCOC1CC(Nc2cc(C)ccc2C)C12CCC2. The average Bonchev–Trinajstić information content (AvgIpc) is 2.30. The van der Waals surface area contributed by atoms with Crippen LogP contribution in [0.5, 0.6) is 0 Å². The number of benzene rings is 1. The molecule has 2 fully saturated rings. The molecule has 1 N–H and O–H groups in total. The molecule has 1 aromatic rings. The highest BCUT2D eigenvalue weighted by Crippen LogP contribution is 2.58. The fraction of sp³-hybridized carbons (Fsp3) is 0.647. The molecule has 2 nitrogen and oxygen atoms in total. The summed E-state index contributed by atoms with van der Waals surface area (Å²) in [5.74, 6) is 0. The lowest BCUT2D eigenvalue weighted by atomic mass is 9.51. The van der Waals surface area contributed by atoms with Gasteiger partial charge in [0.05, 0.1) is 6.10 Å². The normalized spacial score (nSPS) is 27.7. The summed E-state index contributed by atoms with van der Waals surface area (Å²) >= 11 is 0. The van der Waals surface area contributed by atoms with Gasteiger partial charge in [0, 0.05) is 23.8 Å². The lowest BCUT2D eigenvalue weighted by molar-refractivity contribution is -0.157. The van der Waals surface area contributed by atoms with Gasteiger partial charge in [-0.3, -0.25) is 0 Å². The molecule has 0 aromatic heterocycles. The Morgan fingerprint density at radius 3 is 2.74 bits per heavy atom. The van der Waals surface area contributed by atoms with E-state index in [0.717, 1.165) is 6.61 Å². The molecular weight excluding hydrogens is 234 g/mol. The summed E-state index contributed by atoms with van der Waals surface area (Å²) in [4.78, 5) is 0. The van der Waals surface area contributed by atoms with Crippen LogP contribution in [0, 0.1) is 19.3 Å². The third-order valence-corrected chi connectivity index (χ3v) is 5.16. The number of rotatable bonds is 4. The van der Waals surface area contributed by atoms with Crippen molar-refractivity contribution >= 4 is 5.69 Å². The van der Waals surface area contributed by atoms with E-state index in [1.165, 1.54) is 42.5 Å². The Hall–Kier alpha value is -1.02. The van der Waals surface area contributed by atoms with E-state index in [1.807, 2.05) is 0 Å². The molecule has 0 heterocycles. The van der Waals surface area contributed by atoms with Gasteiger partial charge in [-0.1, -0.05) is 18.6 Å². The molecule has 2 heteroatoms. The largest absolute Gasteiger partial charge is 0.381 e. The van der Waals surface area contributed by atoms with Crippen molar-refractivity contribution in [2.75, 3.05) is 11.9 Å². The first-order valence-corrected chi connectivity index (χ1v) is 7.61. The third-order valence-electron chi connectivity index (χ3n) is 5.16. The molecule has 2 saturated carbocycles. The van der Waals surface area contributed by atoms with Crippen LogP contribution in [0.3, 0.4) is 0 Å². The van der Waals surface area contributed by atoms with Gasteiger partial charge in [0.2, 0.25) is 0 Å². The lowest BCUT2D eigenvalue weighted by Crippen LogP contribution is -2.64. The molecule has 2 unspecified atom stereocenters. The minimum Gasteiger partial charge on any atom is -0.381 e. The van der Waals surface area contributed by atoms with Crippen LogP contribution in [0.2, 0.25) is 0 Å². The molecule has 1 spiro atoms. The minimum atomic E-state index is 0.437. The first kappa shape index (κ1) is 13.0. The number of ether oxygens (including phenoxy) is 1. The zero-order chi connectivity index (χ0) is 13.5. The summed E-state index contributed by atoms with van der Waals surface area (Å²) < 4.78 is 5.92. The van der Waals surface area contributed by atoms with Gasteiger partial charge >= 0.3 is 0 Å². The van der Waals surface area contributed by atoms with Crippen molar-refractivity contribution in [3.63, 3.8) is 0 Å². The number of hydrogen-bond acceptors (Lipinski definition) is 2. The first-order chi connectivity index (χ1) is 9.15. The van der Waals surface area contributed by atoms with Gasteiger partial charge in [-0.25, -0.2) is 0 Å². The second-order valence-corrected chi connectivity index (χ2v) is 6.28. The van der Waals surface area contributed by atoms with Crippen LogP contribution in [-0.2, 0) is 4.74 Å². The van der Waals surface area contributed by atoms with Gasteiger partial charge in [0.15, 0.2) is 0 Å². The van der Waals surface area contributed by atoms with E-state index in [9.17, 15) is 0 Å². The topological polar surface area (TPSA) is 21.3 Å². The van der Waals surface area contributed by atoms with Crippen molar-refractivity contribution in [1.29, 1.82) is 0 Å². The van der Waals surface area contributed by atoms with Crippen molar-refractivity contribution in [3.8, 4) is 0 Å². The third kappa shape index (κ3) is 2.06. The van der Waals surface area contributed by atoms with Crippen LogP contribution in [0.15, 0.2) is 18.2 Å². The zero-order valence-electron chi connectivity index (χ0n) is 12.3. The lowest BCUT2D eigenvalue weighted by Gasteiger charge is -2.61. The van der Waals surface area contributed by atoms with Crippen LogP contribution >= 0.6 is 0 Å². The van der Waals surface area contributed by atoms with Crippen LogP contribution in [0.4, 0.5) is 5.69 Å². The summed E-state index contributed by atoms with van der Waals surface area (Å²) in [5.41, 5.74) is 4.43. The molecule has 0 amide bonds. The Morgan fingerprint density at radius 2 is 2.11 bits per heavy atom. The van der Waals surface area contributed by atoms with E-state index >= 15 is 0 Å². The molecule has 0 bridgehead atoms. The predicted octanol–water partition coefficient (Wildman–Crippen LogP) is 4.06. The van der Waals surface area contributed by atoms with E-state index < -0.39 is 0 Å². The maximum absolute atomic E-state index is 5.92. The minimum absolute atomic E-state index is 0.437. The Morgan fingerprint density at radius 1 is 1.32 bits per heavy atom. The van der Waals surface area contributed by atoms with Crippen molar-refractivity contribution in [2.45, 2.75) is 58.6 Å². The van der Waals surface area contributed by atoms with E-state index in [0.29, 0.717) is 17.6 Å². The molecule has 0 aliphatic heterocycles. The fourth-order valence-electron chi connectivity index (χ4n) is 3.72. The molecular formula is C17H25NO. The Balaban J connectivity index is 1.72. The second-order valence-electron chi connectivity index (χ2n) is 6.28. The molecule has 3 rings (SSSR count). The van der Waals surface area contributed by atoms with Gasteiger partial charge in [0.1, 0.15) is 0 Å². The summed E-state index contributed by atoms with van der Waals surface area (Å²) in [6.45, 7) is 7.31. The number of nitrogens with one attached hydrogen (secondary N) is 1. The van der Waals surface area contributed by atoms with Gasteiger partial charge in [-0.05, 0) is 57.2 Å².